The predicted octanol–water partition coefficient (Wildman–Crippen LogP) is 5.63. The number of aromatic nitrogens is 3. The van der Waals surface area contributed by atoms with Crippen molar-refractivity contribution in [1.29, 1.82) is 0 Å². The predicted molar refractivity (Wildman–Crippen MR) is 134 cm³/mol. The Bertz CT molecular complexity index is 1370. The second kappa shape index (κ2) is 11.2. The summed E-state index contributed by atoms with van der Waals surface area (Å²) in [5, 5.41) is 17.7. The van der Waals surface area contributed by atoms with Crippen LogP contribution >= 0.6 is 0 Å². The summed E-state index contributed by atoms with van der Waals surface area (Å²) in [6.45, 7) is 3.12. The highest BCUT2D eigenvalue weighted by Gasteiger charge is 2.31. The van der Waals surface area contributed by atoms with Gasteiger partial charge in [-0.25, -0.2) is 9.48 Å². The van der Waals surface area contributed by atoms with Gasteiger partial charge in [-0.2, -0.15) is 0 Å². The van der Waals surface area contributed by atoms with Gasteiger partial charge >= 0.3 is 12.3 Å². The van der Waals surface area contributed by atoms with E-state index >= 15 is 0 Å². The fourth-order valence-electron chi connectivity index (χ4n) is 3.97. The van der Waals surface area contributed by atoms with Crippen LogP contribution < -0.4 is 14.4 Å². The van der Waals surface area contributed by atoms with Crippen molar-refractivity contribution < 1.29 is 32.5 Å². The fraction of sp³-hybridized carbons (Fsp3) is 0.222. The number of anilines is 1. The lowest BCUT2D eigenvalue weighted by Crippen LogP contribution is -2.25. The Hall–Kier alpha value is -4.54. The SMILES string of the molecule is CCN(Cc1c(C(=O)O)nnn1Cc1ccc(OC)cc1)c1ccc(-c2ccc(OC(F)(F)F)cc2)cc1. The number of carboxylic acid groups (broad SMARTS) is 1. The Kier molecular flexibility index (Phi) is 7.85. The van der Waals surface area contributed by atoms with Crippen molar-refractivity contribution in [1.82, 2.24) is 15.0 Å². The zero-order chi connectivity index (χ0) is 27.3. The summed E-state index contributed by atoms with van der Waals surface area (Å²) in [4.78, 5) is 13.8. The van der Waals surface area contributed by atoms with Crippen LogP contribution in [-0.2, 0) is 13.1 Å². The van der Waals surface area contributed by atoms with Crippen LogP contribution in [0.15, 0.2) is 72.8 Å². The lowest BCUT2D eigenvalue weighted by atomic mass is 10.0. The molecule has 4 aromatic rings. The first-order chi connectivity index (χ1) is 18.2. The molecule has 1 aromatic heterocycles. The van der Waals surface area contributed by atoms with Gasteiger partial charge in [0.15, 0.2) is 5.69 Å². The number of carbonyl (C=O) groups is 1. The molecular weight excluding hydrogens is 501 g/mol. The molecule has 0 bridgehead atoms. The molecule has 0 aliphatic rings. The Balaban J connectivity index is 1.53. The smallest absolute Gasteiger partial charge is 0.497 e. The monoisotopic (exact) mass is 526 g/mol. The van der Waals surface area contributed by atoms with E-state index in [1.807, 2.05) is 60.4 Å². The molecule has 0 saturated heterocycles. The summed E-state index contributed by atoms with van der Waals surface area (Å²) in [6.07, 6.45) is -4.74. The van der Waals surface area contributed by atoms with E-state index in [-0.39, 0.29) is 18.0 Å². The zero-order valence-corrected chi connectivity index (χ0v) is 20.6. The molecule has 0 atom stereocenters. The highest BCUT2D eigenvalue weighted by molar-refractivity contribution is 5.86. The van der Waals surface area contributed by atoms with Gasteiger partial charge in [-0.15, -0.1) is 18.3 Å². The fourth-order valence-corrected chi connectivity index (χ4v) is 3.97. The summed E-state index contributed by atoms with van der Waals surface area (Å²) < 4.78 is 47.9. The third-order valence-corrected chi connectivity index (χ3v) is 5.91. The van der Waals surface area contributed by atoms with E-state index < -0.39 is 12.3 Å². The zero-order valence-electron chi connectivity index (χ0n) is 20.6. The van der Waals surface area contributed by atoms with Crippen molar-refractivity contribution in [2.45, 2.75) is 26.4 Å². The standard InChI is InChI=1S/C27H25F3N4O4/c1-3-33(21-10-6-19(7-11-21)20-8-14-23(15-9-20)38-27(28,29)30)17-24-25(26(35)36)31-32-34(24)16-18-4-12-22(37-2)13-5-18/h4-15H,3,16-17H2,1-2H3,(H,35,36). The van der Waals surface area contributed by atoms with Crippen molar-refractivity contribution in [2.75, 3.05) is 18.6 Å². The number of rotatable bonds is 10. The summed E-state index contributed by atoms with van der Waals surface area (Å²) in [6, 6.07) is 20.5. The Morgan fingerprint density at radius 2 is 1.53 bits per heavy atom. The van der Waals surface area contributed by atoms with E-state index in [0.717, 1.165) is 22.4 Å². The molecule has 0 aliphatic carbocycles. The average molecular weight is 527 g/mol. The summed E-state index contributed by atoms with van der Waals surface area (Å²) in [5.41, 5.74) is 3.62. The van der Waals surface area contributed by atoms with Crippen LogP contribution in [0.1, 0.15) is 28.7 Å². The molecule has 0 amide bonds. The third-order valence-electron chi connectivity index (χ3n) is 5.91. The van der Waals surface area contributed by atoms with Gasteiger partial charge in [0.05, 0.1) is 25.9 Å². The normalized spacial score (nSPS) is 11.3. The van der Waals surface area contributed by atoms with Gasteiger partial charge in [0.25, 0.3) is 0 Å². The van der Waals surface area contributed by atoms with Gasteiger partial charge in [-0.05, 0) is 60.0 Å². The van der Waals surface area contributed by atoms with Crippen molar-refractivity contribution in [3.8, 4) is 22.6 Å². The van der Waals surface area contributed by atoms with E-state index in [0.29, 0.717) is 24.5 Å². The van der Waals surface area contributed by atoms with Crippen molar-refractivity contribution in [3.63, 3.8) is 0 Å². The van der Waals surface area contributed by atoms with Crippen LogP contribution in [-0.4, -0.2) is 46.1 Å². The molecule has 0 saturated carbocycles. The van der Waals surface area contributed by atoms with E-state index in [1.165, 1.54) is 12.1 Å². The third kappa shape index (κ3) is 6.41. The Morgan fingerprint density at radius 3 is 2.05 bits per heavy atom. The number of hydrogen-bond donors (Lipinski definition) is 1. The quantitative estimate of drug-likeness (QED) is 0.287. The van der Waals surface area contributed by atoms with E-state index in [4.69, 9.17) is 4.74 Å². The number of methoxy groups -OCH3 is 1. The molecular formula is C27H25F3N4O4. The minimum Gasteiger partial charge on any atom is -0.497 e. The lowest BCUT2D eigenvalue weighted by molar-refractivity contribution is -0.274. The van der Waals surface area contributed by atoms with Crippen molar-refractivity contribution in [2.24, 2.45) is 0 Å². The van der Waals surface area contributed by atoms with Crippen molar-refractivity contribution in [3.05, 3.63) is 89.7 Å². The molecule has 0 unspecified atom stereocenters. The lowest BCUT2D eigenvalue weighted by Gasteiger charge is -2.24. The van der Waals surface area contributed by atoms with Gasteiger partial charge in [0.1, 0.15) is 11.5 Å². The second-order valence-corrected chi connectivity index (χ2v) is 8.33. The van der Waals surface area contributed by atoms with Gasteiger partial charge < -0.3 is 19.5 Å². The Morgan fingerprint density at radius 1 is 0.947 bits per heavy atom. The molecule has 0 aliphatic heterocycles. The minimum atomic E-state index is -4.74. The molecule has 0 radical (unpaired) electrons. The molecule has 4 rings (SSSR count). The molecule has 38 heavy (non-hydrogen) atoms. The van der Waals surface area contributed by atoms with Gasteiger partial charge in [-0.1, -0.05) is 41.6 Å². The van der Waals surface area contributed by atoms with Crippen molar-refractivity contribution >= 4 is 11.7 Å². The van der Waals surface area contributed by atoms with Crippen LogP contribution in [0, 0.1) is 0 Å². The number of aromatic carboxylic acids is 1. The van der Waals surface area contributed by atoms with Crippen LogP contribution in [0.2, 0.25) is 0 Å². The topological polar surface area (TPSA) is 89.7 Å². The first-order valence-corrected chi connectivity index (χ1v) is 11.7. The maximum Gasteiger partial charge on any atom is 0.573 e. The van der Waals surface area contributed by atoms with E-state index in [1.54, 1.807) is 23.9 Å². The largest absolute Gasteiger partial charge is 0.573 e. The van der Waals surface area contributed by atoms with Crippen LogP contribution in [0.25, 0.3) is 11.1 Å². The van der Waals surface area contributed by atoms with Crippen LogP contribution in [0.4, 0.5) is 18.9 Å². The number of alkyl halides is 3. The van der Waals surface area contributed by atoms with E-state index in [9.17, 15) is 23.1 Å². The van der Waals surface area contributed by atoms with Gasteiger partial charge in [-0.3, -0.25) is 0 Å². The average Bonchev–Trinajstić information content (AvgIpc) is 3.29. The molecule has 0 spiro atoms. The molecule has 3 aromatic carbocycles. The van der Waals surface area contributed by atoms with E-state index in [2.05, 4.69) is 15.0 Å². The number of halogens is 3. The highest BCUT2D eigenvalue weighted by Crippen LogP contribution is 2.28. The summed E-state index contributed by atoms with van der Waals surface area (Å²) in [7, 11) is 1.58. The highest BCUT2D eigenvalue weighted by atomic mass is 19.4. The number of ether oxygens (including phenoxy) is 2. The molecule has 11 heteroatoms. The molecule has 8 nitrogen and oxygen atoms in total. The van der Waals surface area contributed by atoms with Gasteiger partial charge in [0, 0.05) is 12.2 Å². The van der Waals surface area contributed by atoms with Crippen LogP contribution in [0.3, 0.4) is 0 Å². The first-order valence-electron chi connectivity index (χ1n) is 11.7. The second-order valence-electron chi connectivity index (χ2n) is 8.33. The molecule has 1 N–H and O–H groups in total. The summed E-state index contributed by atoms with van der Waals surface area (Å²) >= 11 is 0. The first kappa shape index (κ1) is 26.5. The molecule has 1 heterocycles. The maximum atomic E-state index is 12.4. The van der Waals surface area contributed by atoms with Crippen LogP contribution in [0.5, 0.6) is 11.5 Å². The van der Waals surface area contributed by atoms with Gasteiger partial charge in [0.2, 0.25) is 0 Å². The molecule has 198 valence electrons. The number of carboxylic acids is 1. The number of nitrogens with zero attached hydrogens (tertiary/aromatic N) is 4. The Labute approximate surface area is 216 Å². The molecule has 0 fully saturated rings. The minimum absolute atomic E-state index is 0.116. The summed E-state index contributed by atoms with van der Waals surface area (Å²) in [5.74, 6) is -0.737. The number of hydrogen-bond acceptors (Lipinski definition) is 6. The number of benzene rings is 3. The maximum absolute atomic E-state index is 12.4.